The van der Waals surface area contributed by atoms with Gasteiger partial charge in [0, 0.05) is 17.7 Å². The Kier molecular flexibility index (Phi) is 4.38. The number of hydrogen-bond acceptors (Lipinski definition) is 3. The average molecular weight is 374 g/mol. The Morgan fingerprint density at radius 2 is 1.82 bits per heavy atom. The van der Waals surface area contributed by atoms with Crippen molar-refractivity contribution in [2.75, 3.05) is 0 Å². The maximum Gasteiger partial charge on any atom is 0.252 e. The Morgan fingerprint density at radius 3 is 2.54 bits per heavy atom. The fraction of sp³-hybridized carbons (Fsp3) is 0.435. The minimum Gasteiger partial charge on any atom is -0.349 e. The zero-order valence-corrected chi connectivity index (χ0v) is 16.3. The molecule has 0 bridgehead atoms. The summed E-state index contributed by atoms with van der Waals surface area (Å²) in [4.78, 5) is 18.2. The van der Waals surface area contributed by atoms with E-state index >= 15 is 0 Å². The number of hydrogen-bond donors (Lipinski definition) is 1. The molecule has 2 aliphatic rings. The van der Waals surface area contributed by atoms with Gasteiger partial charge in [-0.2, -0.15) is 5.10 Å². The van der Waals surface area contributed by atoms with Gasteiger partial charge in [-0.25, -0.2) is 9.67 Å². The maximum absolute atomic E-state index is 13.2. The molecule has 28 heavy (non-hydrogen) atoms. The topological polar surface area (TPSA) is 59.8 Å². The minimum absolute atomic E-state index is 0.0249. The summed E-state index contributed by atoms with van der Waals surface area (Å²) in [5, 5.41) is 8.91. The number of fused-ring (bicyclic) bond motifs is 1. The zero-order chi connectivity index (χ0) is 19.1. The molecule has 5 rings (SSSR count). The fourth-order valence-electron chi connectivity index (χ4n) is 4.33. The molecule has 5 nitrogen and oxygen atoms in total. The molecule has 1 amide bonds. The van der Waals surface area contributed by atoms with Gasteiger partial charge in [-0.1, -0.05) is 37.5 Å². The lowest BCUT2D eigenvalue weighted by Gasteiger charge is -2.23. The predicted octanol–water partition coefficient (Wildman–Crippen LogP) is 4.67. The molecule has 1 aromatic carbocycles. The van der Waals surface area contributed by atoms with Crippen LogP contribution in [0.4, 0.5) is 0 Å². The fourth-order valence-corrected chi connectivity index (χ4v) is 4.33. The third-order valence-electron chi connectivity index (χ3n) is 6.01. The molecule has 2 heterocycles. The van der Waals surface area contributed by atoms with E-state index in [1.165, 1.54) is 19.3 Å². The van der Waals surface area contributed by atoms with Gasteiger partial charge in [-0.3, -0.25) is 4.79 Å². The summed E-state index contributed by atoms with van der Waals surface area (Å²) in [5.41, 5.74) is 4.37. The Balaban J connectivity index is 1.61. The van der Waals surface area contributed by atoms with Gasteiger partial charge in [0.25, 0.3) is 5.91 Å². The van der Waals surface area contributed by atoms with Crippen LogP contribution in [0.1, 0.15) is 72.6 Å². The van der Waals surface area contributed by atoms with Crippen LogP contribution in [0.3, 0.4) is 0 Å². The number of nitrogens with one attached hydrogen (secondary N) is 1. The molecule has 0 unspecified atom stereocenters. The lowest BCUT2D eigenvalue weighted by atomic mass is 9.95. The first-order valence-corrected chi connectivity index (χ1v) is 10.5. The predicted molar refractivity (Wildman–Crippen MR) is 110 cm³/mol. The second kappa shape index (κ2) is 7.04. The van der Waals surface area contributed by atoms with Gasteiger partial charge >= 0.3 is 0 Å². The van der Waals surface area contributed by atoms with Gasteiger partial charge in [-0.05, 0) is 50.8 Å². The molecule has 144 valence electrons. The zero-order valence-electron chi connectivity index (χ0n) is 16.3. The highest BCUT2D eigenvalue weighted by Gasteiger charge is 2.29. The molecule has 0 aliphatic heterocycles. The van der Waals surface area contributed by atoms with Gasteiger partial charge in [0.2, 0.25) is 0 Å². The monoisotopic (exact) mass is 374 g/mol. The third kappa shape index (κ3) is 3.19. The van der Waals surface area contributed by atoms with E-state index < -0.39 is 0 Å². The highest BCUT2D eigenvalue weighted by Crippen LogP contribution is 2.40. The Labute approximate surface area is 165 Å². The molecular weight excluding hydrogens is 348 g/mol. The molecule has 0 radical (unpaired) electrons. The minimum atomic E-state index is 0.0249. The molecular formula is C23H26N4O. The number of pyridine rings is 1. The molecule has 0 saturated heterocycles. The van der Waals surface area contributed by atoms with Crippen LogP contribution in [0.5, 0.6) is 0 Å². The normalized spacial score (nSPS) is 17.8. The van der Waals surface area contributed by atoms with Crippen LogP contribution >= 0.6 is 0 Å². The second-order valence-electron chi connectivity index (χ2n) is 8.21. The van der Waals surface area contributed by atoms with Crippen LogP contribution in [0, 0.1) is 6.92 Å². The van der Waals surface area contributed by atoms with Crippen molar-refractivity contribution in [2.24, 2.45) is 0 Å². The highest BCUT2D eigenvalue weighted by atomic mass is 16.1. The van der Waals surface area contributed by atoms with Crippen LogP contribution in [0.2, 0.25) is 0 Å². The van der Waals surface area contributed by atoms with E-state index in [4.69, 9.17) is 10.1 Å². The number of carbonyl (C=O) groups is 1. The average Bonchev–Trinajstić information content (AvgIpc) is 3.53. The van der Waals surface area contributed by atoms with Gasteiger partial charge in [0.1, 0.15) is 0 Å². The van der Waals surface area contributed by atoms with Crippen molar-refractivity contribution in [3.8, 4) is 5.69 Å². The number of carbonyl (C=O) groups excluding carboxylic acids is 1. The largest absolute Gasteiger partial charge is 0.349 e. The first-order chi connectivity index (χ1) is 13.7. The summed E-state index contributed by atoms with van der Waals surface area (Å²) in [5.74, 6) is 0.502. The number of aromatic nitrogens is 3. The van der Waals surface area contributed by atoms with E-state index in [0.29, 0.717) is 12.0 Å². The van der Waals surface area contributed by atoms with E-state index in [-0.39, 0.29) is 5.91 Å². The summed E-state index contributed by atoms with van der Waals surface area (Å²) < 4.78 is 1.88. The lowest BCUT2D eigenvalue weighted by molar-refractivity contribution is 0.0929. The summed E-state index contributed by atoms with van der Waals surface area (Å²) >= 11 is 0. The van der Waals surface area contributed by atoms with Crippen LogP contribution in [-0.2, 0) is 0 Å². The number of rotatable bonds is 4. The molecule has 0 atom stereocenters. The number of nitrogens with zero attached hydrogens (tertiary/aromatic N) is 3. The molecule has 2 saturated carbocycles. The first kappa shape index (κ1) is 17.4. The number of aryl methyl sites for hydroxylation is 1. The van der Waals surface area contributed by atoms with Crippen molar-refractivity contribution < 1.29 is 4.79 Å². The van der Waals surface area contributed by atoms with Crippen molar-refractivity contribution in [1.82, 2.24) is 20.1 Å². The van der Waals surface area contributed by atoms with Crippen LogP contribution in [0.25, 0.3) is 16.7 Å². The van der Waals surface area contributed by atoms with Gasteiger partial charge in [0.05, 0.1) is 22.3 Å². The quantitative estimate of drug-likeness (QED) is 0.722. The van der Waals surface area contributed by atoms with Crippen molar-refractivity contribution in [2.45, 2.75) is 63.8 Å². The molecule has 0 spiro atoms. The molecule has 1 N–H and O–H groups in total. The van der Waals surface area contributed by atoms with E-state index in [0.717, 1.165) is 59.4 Å². The molecule has 3 aromatic rings. The SMILES string of the molecule is Cc1nn(-c2ccccc2)c2nc(C3CC3)cc(C(=O)NC3CCCCC3)c12. The molecule has 2 aliphatic carbocycles. The smallest absolute Gasteiger partial charge is 0.252 e. The van der Waals surface area contributed by atoms with Crippen LogP contribution in [-0.4, -0.2) is 26.7 Å². The Bertz CT molecular complexity index is 1010. The van der Waals surface area contributed by atoms with Gasteiger partial charge in [-0.15, -0.1) is 0 Å². The number of benzene rings is 1. The molecule has 5 heteroatoms. The van der Waals surface area contributed by atoms with E-state index in [9.17, 15) is 4.79 Å². The molecule has 2 fully saturated rings. The number of amides is 1. The Morgan fingerprint density at radius 1 is 1.07 bits per heavy atom. The second-order valence-corrected chi connectivity index (χ2v) is 8.21. The summed E-state index contributed by atoms with van der Waals surface area (Å²) in [6.07, 6.45) is 8.15. The lowest BCUT2D eigenvalue weighted by Crippen LogP contribution is -2.36. The van der Waals surface area contributed by atoms with E-state index in [2.05, 4.69) is 5.32 Å². The summed E-state index contributed by atoms with van der Waals surface area (Å²) in [7, 11) is 0. The third-order valence-corrected chi connectivity index (χ3v) is 6.01. The van der Waals surface area contributed by atoms with Crippen LogP contribution < -0.4 is 5.32 Å². The standard InChI is InChI=1S/C23H26N4O/c1-15-21-19(23(28)24-17-8-4-2-5-9-17)14-20(16-12-13-16)25-22(21)27(26-15)18-10-6-3-7-11-18/h3,6-7,10-11,14,16-17H,2,4-5,8-9,12-13H2,1H3,(H,24,28). The number of para-hydroxylation sites is 1. The van der Waals surface area contributed by atoms with Gasteiger partial charge in [0.15, 0.2) is 5.65 Å². The van der Waals surface area contributed by atoms with Crippen LogP contribution in [0.15, 0.2) is 36.4 Å². The van der Waals surface area contributed by atoms with E-state index in [1.54, 1.807) is 0 Å². The van der Waals surface area contributed by atoms with Gasteiger partial charge < -0.3 is 5.32 Å². The Hall–Kier alpha value is -2.69. The van der Waals surface area contributed by atoms with Crippen molar-refractivity contribution >= 4 is 16.9 Å². The first-order valence-electron chi connectivity index (χ1n) is 10.5. The summed E-state index contributed by atoms with van der Waals surface area (Å²) in [6.45, 7) is 1.97. The molecule has 2 aromatic heterocycles. The maximum atomic E-state index is 13.2. The van der Waals surface area contributed by atoms with E-state index in [1.807, 2.05) is 48.0 Å². The van der Waals surface area contributed by atoms with Crippen molar-refractivity contribution in [1.29, 1.82) is 0 Å². The van der Waals surface area contributed by atoms with Crippen molar-refractivity contribution in [3.63, 3.8) is 0 Å². The van der Waals surface area contributed by atoms with Crippen molar-refractivity contribution in [3.05, 3.63) is 53.3 Å². The highest BCUT2D eigenvalue weighted by molar-refractivity contribution is 6.07. The summed E-state index contributed by atoms with van der Waals surface area (Å²) in [6, 6.07) is 12.4.